The number of nitrogens with one attached hydrogen (secondary N) is 1. The number of hydrogen-bond acceptors (Lipinski definition) is 5. The number of carbonyl (C=O) groups excluding carboxylic acids is 2. The quantitative estimate of drug-likeness (QED) is 0.549. The molecular weight excluding hydrogens is 396 g/mol. The molecule has 2 aromatic rings. The molecule has 1 aliphatic rings. The highest BCUT2D eigenvalue weighted by atomic mass is 35.5. The normalized spacial score (nSPS) is 14.1. The number of ether oxygens (including phenoxy) is 1. The van der Waals surface area contributed by atoms with Crippen molar-refractivity contribution in [1.82, 2.24) is 4.90 Å². The summed E-state index contributed by atoms with van der Waals surface area (Å²) in [6.07, 6.45) is 3.86. The number of thiophene rings is 1. The van der Waals surface area contributed by atoms with E-state index in [0.29, 0.717) is 22.2 Å². The molecule has 2 heterocycles. The molecule has 1 amide bonds. The van der Waals surface area contributed by atoms with Crippen molar-refractivity contribution in [3.05, 3.63) is 56.9 Å². The molecule has 1 aromatic carbocycles. The molecule has 0 saturated carbocycles. The van der Waals surface area contributed by atoms with Crippen LogP contribution in [0.5, 0.6) is 0 Å². The second kappa shape index (κ2) is 9.37. The summed E-state index contributed by atoms with van der Waals surface area (Å²) >= 11 is 7.57. The fourth-order valence-electron chi connectivity index (χ4n) is 3.16. The van der Waals surface area contributed by atoms with E-state index in [1.807, 2.05) is 18.2 Å². The van der Waals surface area contributed by atoms with Gasteiger partial charge in [-0.25, -0.2) is 4.79 Å². The lowest BCUT2D eigenvalue weighted by molar-refractivity contribution is -0.111. The summed E-state index contributed by atoms with van der Waals surface area (Å²) in [6.45, 7) is 6.83. The van der Waals surface area contributed by atoms with Crippen LogP contribution in [0.1, 0.15) is 40.2 Å². The summed E-state index contributed by atoms with van der Waals surface area (Å²) < 4.78 is 5.24. The van der Waals surface area contributed by atoms with Crippen LogP contribution in [0.15, 0.2) is 30.3 Å². The molecule has 7 heteroatoms. The maximum Gasteiger partial charge on any atom is 0.341 e. The van der Waals surface area contributed by atoms with E-state index < -0.39 is 0 Å². The minimum atomic E-state index is -0.379. The molecule has 0 radical (unpaired) electrons. The maximum absolute atomic E-state index is 12.5. The van der Waals surface area contributed by atoms with E-state index in [1.54, 1.807) is 19.1 Å². The summed E-state index contributed by atoms with van der Waals surface area (Å²) in [7, 11) is 0. The molecule has 28 heavy (non-hydrogen) atoms. The predicted octanol–water partition coefficient (Wildman–Crippen LogP) is 4.61. The predicted molar refractivity (Wildman–Crippen MR) is 114 cm³/mol. The van der Waals surface area contributed by atoms with Crippen LogP contribution in [0.25, 0.3) is 6.08 Å². The molecule has 0 spiro atoms. The Bertz CT molecular complexity index is 907. The first kappa shape index (κ1) is 20.6. The minimum absolute atomic E-state index is 0.296. The van der Waals surface area contributed by atoms with Crippen molar-refractivity contribution in [2.24, 2.45) is 0 Å². The molecule has 0 bridgehead atoms. The monoisotopic (exact) mass is 418 g/mol. The molecule has 0 fully saturated rings. The van der Waals surface area contributed by atoms with Crippen LogP contribution in [-0.2, 0) is 22.5 Å². The molecule has 0 aliphatic carbocycles. The fraction of sp³-hybridized carbons (Fsp3) is 0.333. The zero-order valence-electron chi connectivity index (χ0n) is 16.0. The van der Waals surface area contributed by atoms with Gasteiger partial charge >= 0.3 is 5.97 Å². The average Bonchev–Trinajstić information content (AvgIpc) is 3.04. The van der Waals surface area contributed by atoms with E-state index in [0.717, 1.165) is 42.1 Å². The Morgan fingerprint density at radius 1 is 1.32 bits per heavy atom. The van der Waals surface area contributed by atoms with Crippen LogP contribution in [0.4, 0.5) is 5.00 Å². The van der Waals surface area contributed by atoms with Crippen LogP contribution in [-0.4, -0.2) is 36.5 Å². The van der Waals surface area contributed by atoms with Crippen molar-refractivity contribution in [1.29, 1.82) is 0 Å². The van der Waals surface area contributed by atoms with Crippen LogP contribution in [0.2, 0.25) is 5.02 Å². The second-order valence-corrected chi connectivity index (χ2v) is 7.90. The Balaban J connectivity index is 1.84. The Morgan fingerprint density at radius 3 is 2.82 bits per heavy atom. The van der Waals surface area contributed by atoms with Crippen molar-refractivity contribution < 1.29 is 14.3 Å². The van der Waals surface area contributed by atoms with Gasteiger partial charge in [0, 0.05) is 29.1 Å². The van der Waals surface area contributed by atoms with Crippen LogP contribution >= 0.6 is 22.9 Å². The molecule has 0 atom stereocenters. The summed E-state index contributed by atoms with van der Waals surface area (Å²) in [6, 6.07) is 7.29. The molecule has 3 rings (SSSR count). The first-order valence-corrected chi connectivity index (χ1v) is 10.5. The highest BCUT2D eigenvalue weighted by Crippen LogP contribution is 2.37. The molecule has 0 saturated heterocycles. The van der Waals surface area contributed by atoms with Gasteiger partial charge in [-0.15, -0.1) is 11.3 Å². The molecule has 1 aliphatic heterocycles. The number of benzene rings is 1. The van der Waals surface area contributed by atoms with Crippen molar-refractivity contribution in [2.45, 2.75) is 26.8 Å². The van der Waals surface area contributed by atoms with E-state index >= 15 is 0 Å². The summed E-state index contributed by atoms with van der Waals surface area (Å²) in [5, 5.41) is 3.99. The number of likely N-dealkylation sites (N-methyl/N-ethyl adjacent to an activating group) is 1. The number of rotatable bonds is 6. The van der Waals surface area contributed by atoms with E-state index in [9.17, 15) is 9.59 Å². The van der Waals surface area contributed by atoms with Gasteiger partial charge in [-0.2, -0.15) is 0 Å². The smallest absolute Gasteiger partial charge is 0.341 e. The first-order valence-electron chi connectivity index (χ1n) is 9.31. The minimum Gasteiger partial charge on any atom is -0.462 e. The number of nitrogens with zero attached hydrogens (tertiary/aromatic N) is 1. The van der Waals surface area contributed by atoms with Gasteiger partial charge in [0.25, 0.3) is 0 Å². The van der Waals surface area contributed by atoms with E-state index in [2.05, 4.69) is 17.1 Å². The largest absolute Gasteiger partial charge is 0.462 e. The fourth-order valence-corrected chi connectivity index (χ4v) is 4.64. The molecular formula is C21H23ClN2O3S. The van der Waals surface area contributed by atoms with Crippen LogP contribution < -0.4 is 5.32 Å². The lowest BCUT2D eigenvalue weighted by atomic mass is 10.0. The summed E-state index contributed by atoms with van der Waals surface area (Å²) in [4.78, 5) is 28.4. The molecule has 1 aromatic heterocycles. The first-order chi connectivity index (χ1) is 13.5. The number of anilines is 1. The number of hydrogen-bond donors (Lipinski definition) is 1. The Morgan fingerprint density at radius 2 is 2.11 bits per heavy atom. The number of halogens is 1. The molecule has 0 unspecified atom stereocenters. The van der Waals surface area contributed by atoms with E-state index in [-0.39, 0.29) is 11.9 Å². The Labute approximate surface area is 173 Å². The molecule has 148 valence electrons. The van der Waals surface area contributed by atoms with Gasteiger partial charge in [0.1, 0.15) is 5.00 Å². The van der Waals surface area contributed by atoms with Gasteiger partial charge in [-0.3, -0.25) is 9.69 Å². The van der Waals surface area contributed by atoms with E-state index in [4.69, 9.17) is 16.3 Å². The number of fused-ring (bicyclic) bond motifs is 1. The zero-order valence-corrected chi connectivity index (χ0v) is 17.5. The topological polar surface area (TPSA) is 58.6 Å². The van der Waals surface area contributed by atoms with Gasteiger partial charge in [0.15, 0.2) is 0 Å². The molecule has 5 nitrogen and oxygen atoms in total. The third kappa shape index (κ3) is 4.63. The van der Waals surface area contributed by atoms with Crippen molar-refractivity contribution in [2.75, 3.05) is 25.0 Å². The van der Waals surface area contributed by atoms with Crippen LogP contribution in [0.3, 0.4) is 0 Å². The zero-order chi connectivity index (χ0) is 20.1. The summed E-state index contributed by atoms with van der Waals surface area (Å²) in [5.74, 6) is -0.688. The van der Waals surface area contributed by atoms with E-state index in [1.165, 1.54) is 17.4 Å². The maximum atomic E-state index is 12.5. The average molecular weight is 419 g/mol. The third-order valence-corrected chi connectivity index (χ3v) is 6.10. The van der Waals surface area contributed by atoms with Gasteiger partial charge < -0.3 is 10.1 Å². The van der Waals surface area contributed by atoms with Crippen molar-refractivity contribution in [3.8, 4) is 0 Å². The Kier molecular flexibility index (Phi) is 6.88. The highest BCUT2D eigenvalue weighted by Gasteiger charge is 2.28. The Hall–Kier alpha value is -2.15. The molecule has 1 N–H and O–H groups in total. The van der Waals surface area contributed by atoms with Gasteiger partial charge in [-0.05, 0) is 43.2 Å². The number of carbonyl (C=O) groups is 2. The van der Waals surface area contributed by atoms with Gasteiger partial charge in [0.2, 0.25) is 5.91 Å². The highest BCUT2D eigenvalue weighted by molar-refractivity contribution is 7.17. The SMILES string of the molecule is CCOC(=O)c1c(NC(=O)C=Cc2ccccc2Cl)sc2c1CCN(CC)C2. The second-order valence-electron chi connectivity index (χ2n) is 6.39. The standard InChI is InChI=1S/C21H23ClN2O3S/c1-3-24-12-11-15-17(13-24)28-20(19(15)21(26)27-4-2)23-18(25)10-9-14-7-5-6-8-16(14)22/h5-10H,3-4,11-13H2,1-2H3,(H,23,25). The third-order valence-electron chi connectivity index (χ3n) is 4.62. The van der Waals surface area contributed by atoms with Crippen molar-refractivity contribution >= 4 is 45.9 Å². The number of amides is 1. The lowest BCUT2D eigenvalue weighted by Crippen LogP contribution is -2.30. The van der Waals surface area contributed by atoms with Gasteiger partial charge in [0.05, 0.1) is 12.2 Å². The van der Waals surface area contributed by atoms with Crippen LogP contribution in [0, 0.1) is 0 Å². The van der Waals surface area contributed by atoms with Gasteiger partial charge in [-0.1, -0.05) is 36.7 Å². The summed E-state index contributed by atoms with van der Waals surface area (Å²) in [5.41, 5.74) is 2.25. The van der Waals surface area contributed by atoms with Crippen molar-refractivity contribution in [3.63, 3.8) is 0 Å². The lowest BCUT2D eigenvalue weighted by Gasteiger charge is -2.25. The number of esters is 1.